The molecule has 1 saturated heterocycles. The number of esters is 1. The Kier molecular flexibility index (Phi) is 13.0. The molecule has 0 saturated carbocycles. The summed E-state index contributed by atoms with van der Waals surface area (Å²) in [5.74, 6) is -1.06. The van der Waals surface area contributed by atoms with Crippen molar-refractivity contribution in [2.75, 3.05) is 33.7 Å². The highest BCUT2D eigenvalue weighted by Gasteiger charge is 2.40. The fourth-order valence-electron chi connectivity index (χ4n) is 5.41. The van der Waals surface area contributed by atoms with Crippen molar-refractivity contribution < 1.29 is 40.7 Å². The summed E-state index contributed by atoms with van der Waals surface area (Å²) in [5.41, 5.74) is 2.46. The predicted molar refractivity (Wildman–Crippen MR) is 191 cm³/mol. The van der Waals surface area contributed by atoms with Gasteiger partial charge in [0.2, 0.25) is 26.0 Å². The Morgan fingerprint density at radius 3 is 1.98 bits per heavy atom. The number of nitrogens with zero attached hydrogens (tertiary/aromatic N) is 3. The van der Waals surface area contributed by atoms with Gasteiger partial charge in [-0.15, -0.1) is 0 Å². The van der Waals surface area contributed by atoms with Crippen molar-refractivity contribution in [2.24, 2.45) is 0 Å². The summed E-state index contributed by atoms with van der Waals surface area (Å²) >= 11 is 0. The van der Waals surface area contributed by atoms with E-state index in [0.29, 0.717) is 18.4 Å². The molecule has 15 heteroatoms. The Morgan fingerprint density at radius 1 is 0.843 bits per heavy atom. The second-order valence-electron chi connectivity index (χ2n) is 12.9. The number of benzene rings is 3. The van der Waals surface area contributed by atoms with E-state index >= 15 is 0 Å². The molecule has 0 radical (unpaired) electrons. The van der Waals surface area contributed by atoms with Gasteiger partial charge in [-0.2, -0.15) is 8.61 Å². The van der Waals surface area contributed by atoms with Crippen LogP contribution in [0.5, 0.6) is 5.75 Å². The van der Waals surface area contributed by atoms with Gasteiger partial charge in [0.05, 0.1) is 15.9 Å². The largest absolute Gasteiger partial charge is 0.461 e. The monoisotopic (exact) mass is 742 g/mol. The molecule has 0 unspecified atom stereocenters. The van der Waals surface area contributed by atoms with E-state index in [1.54, 1.807) is 50.2 Å². The lowest BCUT2D eigenvalue weighted by molar-refractivity contribution is -0.151. The molecule has 276 valence electrons. The number of hydrogen-bond donors (Lipinski definition) is 1. The van der Waals surface area contributed by atoms with Crippen LogP contribution in [0.1, 0.15) is 43.4 Å². The van der Waals surface area contributed by atoms with E-state index in [2.05, 4.69) is 5.32 Å². The summed E-state index contributed by atoms with van der Waals surface area (Å²) in [5, 5.41) is 2.73. The van der Waals surface area contributed by atoms with Crippen LogP contribution in [0.15, 0.2) is 82.6 Å². The second-order valence-corrected chi connectivity index (χ2v) is 16.8. The zero-order chi connectivity index (χ0) is 37.5. The van der Waals surface area contributed by atoms with E-state index in [-0.39, 0.29) is 41.6 Å². The number of ether oxygens (including phenoxy) is 2. The molecule has 1 N–H and O–H groups in total. The van der Waals surface area contributed by atoms with Gasteiger partial charge in [0.1, 0.15) is 17.8 Å². The highest BCUT2D eigenvalue weighted by Crippen LogP contribution is 2.27. The van der Waals surface area contributed by atoms with E-state index in [9.17, 15) is 31.2 Å². The van der Waals surface area contributed by atoms with Gasteiger partial charge in [-0.25, -0.2) is 26.4 Å². The van der Waals surface area contributed by atoms with E-state index in [0.717, 1.165) is 11.1 Å². The van der Waals surface area contributed by atoms with Crippen molar-refractivity contribution in [1.82, 2.24) is 18.8 Å². The van der Waals surface area contributed by atoms with E-state index in [4.69, 9.17) is 9.47 Å². The quantitative estimate of drug-likeness (QED) is 0.242. The minimum atomic E-state index is -3.95. The fourth-order valence-corrected chi connectivity index (χ4v) is 8.23. The number of nitrogens with one attached hydrogen (secondary N) is 1. The van der Waals surface area contributed by atoms with Crippen molar-refractivity contribution in [3.63, 3.8) is 0 Å². The molecular formula is C36H46N4O9S2. The zero-order valence-corrected chi connectivity index (χ0v) is 31.4. The summed E-state index contributed by atoms with van der Waals surface area (Å²) in [6, 6.07) is 17.2. The lowest BCUT2D eigenvalue weighted by atomic mass is 10.0. The number of aryl methyl sites for hydroxylation is 2. The van der Waals surface area contributed by atoms with Gasteiger partial charge >= 0.3 is 12.1 Å². The molecule has 2 amide bonds. The second kappa shape index (κ2) is 16.8. The third kappa shape index (κ3) is 10.2. The minimum Gasteiger partial charge on any atom is -0.461 e. The molecule has 0 aliphatic carbocycles. The molecule has 0 bridgehead atoms. The Labute approximate surface area is 300 Å². The summed E-state index contributed by atoms with van der Waals surface area (Å²) in [7, 11) is -4.75. The first kappa shape index (κ1) is 39.5. The highest BCUT2D eigenvalue weighted by atomic mass is 32.2. The third-order valence-corrected chi connectivity index (χ3v) is 12.2. The molecule has 2 atom stereocenters. The van der Waals surface area contributed by atoms with Crippen LogP contribution in [0.3, 0.4) is 0 Å². The molecule has 1 aliphatic rings. The number of likely N-dealkylation sites (N-methyl/N-ethyl adjacent to an activating group) is 2. The summed E-state index contributed by atoms with van der Waals surface area (Å²) in [6.07, 6.45) is -0.330. The van der Waals surface area contributed by atoms with Crippen LogP contribution in [0.4, 0.5) is 4.79 Å². The normalized spacial score (nSPS) is 15.8. The SMILES string of the molecule is Cc1ccc(S(=O)(=O)N(C)CCN(C)C(=O)Oc2ccc(C[C@H](NC(=O)[C@@H]3CCCN3S(=O)(=O)c3ccc(C)cc3)C(=O)OC(C)C)cc2)cc1. The molecule has 0 aromatic heterocycles. The smallest absolute Gasteiger partial charge is 0.415 e. The molecule has 3 aromatic carbocycles. The lowest BCUT2D eigenvalue weighted by Crippen LogP contribution is -2.52. The van der Waals surface area contributed by atoms with Crippen molar-refractivity contribution in [2.45, 2.75) is 74.9 Å². The van der Waals surface area contributed by atoms with Crippen LogP contribution in [-0.2, 0) is 40.8 Å². The number of hydrogen-bond acceptors (Lipinski definition) is 9. The standard InChI is InChI=1S/C36H46N4O9S2/c1-25(2)48-35(42)32(37-34(41)33-8-7-21-40(33)51(46,47)31-19-11-27(4)12-20-31)24-28-13-15-29(16-14-28)49-36(43)38(5)22-23-39(6)50(44,45)30-17-9-26(3)10-18-30/h9-20,25,32-33H,7-8,21-24H2,1-6H3,(H,37,41)/t32-,33-/m0/s1. The van der Waals surface area contributed by atoms with Gasteiger partial charge in [-0.3, -0.25) is 4.79 Å². The third-order valence-electron chi connectivity index (χ3n) is 8.45. The molecule has 1 heterocycles. The molecule has 1 aliphatic heterocycles. The first-order chi connectivity index (χ1) is 24.0. The maximum Gasteiger partial charge on any atom is 0.415 e. The Bertz CT molecular complexity index is 1900. The van der Waals surface area contributed by atoms with Crippen molar-refractivity contribution in [3.8, 4) is 5.75 Å². The number of amides is 2. The van der Waals surface area contributed by atoms with Crippen LogP contribution in [0, 0.1) is 13.8 Å². The number of rotatable bonds is 14. The Morgan fingerprint density at radius 2 is 1.41 bits per heavy atom. The highest BCUT2D eigenvalue weighted by molar-refractivity contribution is 7.89. The van der Waals surface area contributed by atoms with Gasteiger partial charge in [-0.1, -0.05) is 47.5 Å². The van der Waals surface area contributed by atoms with Crippen LogP contribution in [-0.4, -0.2) is 100 Å². The van der Waals surface area contributed by atoms with Crippen molar-refractivity contribution in [1.29, 1.82) is 0 Å². The number of sulfonamides is 2. The molecule has 51 heavy (non-hydrogen) atoms. The van der Waals surface area contributed by atoms with Gasteiger partial charge in [0.25, 0.3) is 0 Å². The Balaban J connectivity index is 1.37. The lowest BCUT2D eigenvalue weighted by Gasteiger charge is -2.26. The van der Waals surface area contributed by atoms with Gasteiger partial charge in [0.15, 0.2) is 0 Å². The maximum atomic E-state index is 13.5. The topological polar surface area (TPSA) is 160 Å². The first-order valence-electron chi connectivity index (χ1n) is 16.6. The molecule has 3 aromatic rings. The van der Waals surface area contributed by atoms with Gasteiger partial charge < -0.3 is 19.7 Å². The summed E-state index contributed by atoms with van der Waals surface area (Å²) in [6.45, 7) is 7.37. The van der Waals surface area contributed by atoms with Crippen LogP contribution < -0.4 is 10.1 Å². The van der Waals surface area contributed by atoms with Crippen LogP contribution in [0.2, 0.25) is 0 Å². The van der Waals surface area contributed by atoms with Crippen molar-refractivity contribution >= 4 is 38.0 Å². The van der Waals surface area contributed by atoms with Gasteiger partial charge in [-0.05, 0) is 82.5 Å². The van der Waals surface area contributed by atoms with E-state index < -0.39 is 56.2 Å². The van der Waals surface area contributed by atoms with Crippen molar-refractivity contribution in [3.05, 3.63) is 89.5 Å². The molecule has 0 spiro atoms. The van der Waals surface area contributed by atoms with Crippen LogP contribution in [0.25, 0.3) is 0 Å². The molecule has 1 fully saturated rings. The maximum absolute atomic E-state index is 13.5. The first-order valence-corrected chi connectivity index (χ1v) is 19.5. The molecular weight excluding hydrogens is 697 g/mol. The van der Waals surface area contributed by atoms with Gasteiger partial charge in [0, 0.05) is 40.2 Å². The average Bonchev–Trinajstić information content (AvgIpc) is 3.59. The van der Waals surface area contributed by atoms with E-state index in [1.165, 1.54) is 64.0 Å². The minimum absolute atomic E-state index is 0.0324. The number of carbonyl (C=O) groups excluding carboxylic acids is 3. The summed E-state index contributed by atoms with van der Waals surface area (Å²) < 4.78 is 65.8. The average molecular weight is 743 g/mol. The molecule has 13 nitrogen and oxygen atoms in total. The fraction of sp³-hybridized carbons (Fsp3) is 0.417. The molecule has 4 rings (SSSR count). The summed E-state index contributed by atoms with van der Waals surface area (Å²) in [4.78, 5) is 40.9. The van der Waals surface area contributed by atoms with Crippen LogP contribution >= 0.6 is 0 Å². The Hall–Kier alpha value is -4.31. The predicted octanol–water partition coefficient (Wildman–Crippen LogP) is 3.89. The van der Waals surface area contributed by atoms with E-state index in [1.807, 2.05) is 13.8 Å². The zero-order valence-electron chi connectivity index (χ0n) is 29.7. The number of carbonyl (C=O) groups is 3.